The molecule has 0 aromatic heterocycles. The fourth-order valence-corrected chi connectivity index (χ4v) is 2.59. The van der Waals surface area contributed by atoms with Crippen molar-refractivity contribution in [1.82, 2.24) is 0 Å². The number of amides is 2. The molecule has 120 valence electrons. The van der Waals surface area contributed by atoms with Gasteiger partial charge >= 0.3 is 0 Å². The Balaban J connectivity index is 2.12. The second-order valence-corrected chi connectivity index (χ2v) is 5.92. The molecule has 0 atom stereocenters. The second-order valence-electron chi connectivity index (χ2n) is 5.92. The van der Waals surface area contributed by atoms with Crippen molar-refractivity contribution in [2.75, 3.05) is 23.4 Å². The molecule has 0 radical (unpaired) electrons. The SMILES string of the molecule is CC(=O)N(c1ccc(NC(=O)C(C)C)cc1)C1CCOCC1. The van der Waals surface area contributed by atoms with Crippen LogP contribution >= 0.6 is 0 Å². The molecular weight excluding hydrogens is 280 g/mol. The second kappa shape index (κ2) is 7.40. The first-order valence-corrected chi connectivity index (χ1v) is 7.77. The molecular formula is C17H24N2O3. The van der Waals surface area contributed by atoms with Gasteiger partial charge < -0.3 is 15.0 Å². The van der Waals surface area contributed by atoms with Gasteiger partial charge in [0, 0.05) is 43.5 Å². The highest BCUT2D eigenvalue weighted by molar-refractivity contribution is 5.94. The maximum Gasteiger partial charge on any atom is 0.226 e. The van der Waals surface area contributed by atoms with Gasteiger partial charge in [0.05, 0.1) is 0 Å². The average Bonchev–Trinajstić information content (AvgIpc) is 2.50. The fourth-order valence-electron chi connectivity index (χ4n) is 2.59. The highest BCUT2D eigenvalue weighted by Crippen LogP contribution is 2.25. The van der Waals surface area contributed by atoms with Gasteiger partial charge in [-0.05, 0) is 37.1 Å². The first-order valence-electron chi connectivity index (χ1n) is 7.77. The summed E-state index contributed by atoms with van der Waals surface area (Å²) in [5, 5.41) is 2.85. The molecule has 1 aliphatic rings. The van der Waals surface area contributed by atoms with Crippen molar-refractivity contribution >= 4 is 23.2 Å². The zero-order valence-corrected chi connectivity index (χ0v) is 13.5. The molecule has 22 heavy (non-hydrogen) atoms. The van der Waals surface area contributed by atoms with E-state index < -0.39 is 0 Å². The van der Waals surface area contributed by atoms with E-state index in [-0.39, 0.29) is 23.8 Å². The standard InChI is InChI=1S/C17H24N2O3/c1-12(2)17(21)18-14-4-6-15(7-5-14)19(13(3)20)16-8-10-22-11-9-16/h4-7,12,16H,8-11H2,1-3H3,(H,18,21). The van der Waals surface area contributed by atoms with Gasteiger partial charge in [-0.2, -0.15) is 0 Å². The lowest BCUT2D eigenvalue weighted by atomic mass is 10.1. The fraction of sp³-hybridized carbons (Fsp3) is 0.529. The molecule has 0 spiro atoms. The van der Waals surface area contributed by atoms with E-state index in [1.54, 1.807) is 6.92 Å². The average molecular weight is 304 g/mol. The van der Waals surface area contributed by atoms with Crippen LogP contribution in [-0.2, 0) is 14.3 Å². The minimum Gasteiger partial charge on any atom is -0.381 e. The molecule has 1 aromatic rings. The minimum atomic E-state index is -0.0596. The van der Waals surface area contributed by atoms with Gasteiger partial charge in [0.15, 0.2) is 0 Å². The van der Waals surface area contributed by atoms with Crippen molar-refractivity contribution in [3.05, 3.63) is 24.3 Å². The topological polar surface area (TPSA) is 58.6 Å². The summed E-state index contributed by atoms with van der Waals surface area (Å²) in [4.78, 5) is 25.5. The Labute approximate surface area is 131 Å². The molecule has 1 aliphatic heterocycles. The summed E-state index contributed by atoms with van der Waals surface area (Å²) in [5.41, 5.74) is 1.61. The Morgan fingerprint density at radius 2 is 1.77 bits per heavy atom. The molecule has 0 bridgehead atoms. The molecule has 0 aliphatic carbocycles. The number of hydrogen-bond acceptors (Lipinski definition) is 3. The lowest BCUT2D eigenvalue weighted by Gasteiger charge is -2.33. The number of carbonyl (C=O) groups is 2. The molecule has 5 heteroatoms. The largest absolute Gasteiger partial charge is 0.381 e. The van der Waals surface area contributed by atoms with E-state index in [2.05, 4.69) is 5.32 Å². The van der Waals surface area contributed by atoms with Crippen molar-refractivity contribution in [3.8, 4) is 0 Å². The van der Waals surface area contributed by atoms with Crippen LogP contribution in [0.2, 0.25) is 0 Å². The molecule has 1 fully saturated rings. The maximum atomic E-state index is 12.0. The number of hydrogen-bond donors (Lipinski definition) is 1. The summed E-state index contributed by atoms with van der Waals surface area (Å²) in [5.74, 6) is -0.0397. The van der Waals surface area contributed by atoms with Gasteiger partial charge in [0.1, 0.15) is 0 Å². The quantitative estimate of drug-likeness (QED) is 0.930. The van der Waals surface area contributed by atoms with E-state index in [1.807, 2.05) is 43.0 Å². The van der Waals surface area contributed by atoms with Crippen molar-refractivity contribution in [2.24, 2.45) is 5.92 Å². The lowest BCUT2D eigenvalue weighted by Crippen LogP contribution is -2.42. The zero-order valence-electron chi connectivity index (χ0n) is 13.5. The molecule has 2 rings (SSSR count). The summed E-state index contributed by atoms with van der Waals surface area (Å²) in [6, 6.07) is 7.62. The number of rotatable bonds is 4. The van der Waals surface area contributed by atoms with Crippen molar-refractivity contribution in [1.29, 1.82) is 0 Å². The van der Waals surface area contributed by atoms with E-state index in [9.17, 15) is 9.59 Å². The van der Waals surface area contributed by atoms with Crippen LogP contribution in [0, 0.1) is 5.92 Å². The van der Waals surface area contributed by atoms with Crippen LogP contribution in [0.25, 0.3) is 0 Å². The zero-order chi connectivity index (χ0) is 16.1. The molecule has 1 saturated heterocycles. The molecule has 1 aromatic carbocycles. The maximum absolute atomic E-state index is 12.0. The minimum absolute atomic E-state index is 0.0133. The Morgan fingerprint density at radius 1 is 1.18 bits per heavy atom. The lowest BCUT2D eigenvalue weighted by molar-refractivity contribution is -0.119. The van der Waals surface area contributed by atoms with Gasteiger partial charge in [-0.1, -0.05) is 13.8 Å². The van der Waals surface area contributed by atoms with Gasteiger partial charge in [0.25, 0.3) is 0 Å². The Morgan fingerprint density at radius 3 is 2.27 bits per heavy atom. The van der Waals surface area contributed by atoms with Crippen LogP contribution < -0.4 is 10.2 Å². The van der Waals surface area contributed by atoms with Crippen LogP contribution in [0.3, 0.4) is 0 Å². The smallest absolute Gasteiger partial charge is 0.226 e. The van der Waals surface area contributed by atoms with Gasteiger partial charge in [-0.15, -0.1) is 0 Å². The number of nitrogens with zero attached hydrogens (tertiary/aromatic N) is 1. The van der Waals surface area contributed by atoms with E-state index in [0.717, 1.165) is 24.2 Å². The first-order chi connectivity index (χ1) is 10.5. The van der Waals surface area contributed by atoms with E-state index in [1.165, 1.54) is 0 Å². The van der Waals surface area contributed by atoms with E-state index in [4.69, 9.17) is 4.74 Å². The predicted octanol–water partition coefficient (Wildman–Crippen LogP) is 2.81. The number of ether oxygens (including phenoxy) is 1. The molecule has 0 unspecified atom stereocenters. The number of benzene rings is 1. The summed E-state index contributed by atoms with van der Waals surface area (Å²) in [6.45, 7) is 6.68. The molecule has 1 N–H and O–H groups in total. The van der Waals surface area contributed by atoms with Gasteiger partial charge in [-0.3, -0.25) is 9.59 Å². The number of anilines is 2. The number of carbonyl (C=O) groups excluding carboxylic acids is 2. The van der Waals surface area contributed by atoms with Crippen LogP contribution in [0.15, 0.2) is 24.3 Å². The number of nitrogens with one attached hydrogen (secondary N) is 1. The normalized spacial score (nSPS) is 15.6. The molecule has 0 saturated carbocycles. The predicted molar refractivity (Wildman–Crippen MR) is 86.9 cm³/mol. The third-order valence-electron chi connectivity index (χ3n) is 3.83. The van der Waals surface area contributed by atoms with Crippen molar-refractivity contribution < 1.29 is 14.3 Å². The molecule has 5 nitrogen and oxygen atoms in total. The Hall–Kier alpha value is -1.88. The van der Waals surface area contributed by atoms with Crippen LogP contribution in [0.1, 0.15) is 33.6 Å². The van der Waals surface area contributed by atoms with Crippen LogP contribution in [0.5, 0.6) is 0 Å². The Kier molecular flexibility index (Phi) is 5.55. The molecule has 2 amide bonds. The van der Waals surface area contributed by atoms with E-state index >= 15 is 0 Å². The third-order valence-corrected chi connectivity index (χ3v) is 3.83. The van der Waals surface area contributed by atoms with Gasteiger partial charge in [-0.25, -0.2) is 0 Å². The van der Waals surface area contributed by atoms with Gasteiger partial charge in [0.2, 0.25) is 11.8 Å². The highest BCUT2D eigenvalue weighted by Gasteiger charge is 2.24. The summed E-state index contributed by atoms with van der Waals surface area (Å²) in [7, 11) is 0. The Bertz CT molecular complexity index is 519. The summed E-state index contributed by atoms with van der Waals surface area (Å²) in [6.07, 6.45) is 1.71. The van der Waals surface area contributed by atoms with Crippen molar-refractivity contribution in [3.63, 3.8) is 0 Å². The van der Waals surface area contributed by atoms with Crippen LogP contribution in [0.4, 0.5) is 11.4 Å². The summed E-state index contributed by atoms with van der Waals surface area (Å²) < 4.78 is 5.37. The third kappa shape index (κ3) is 4.07. The van der Waals surface area contributed by atoms with E-state index in [0.29, 0.717) is 13.2 Å². The monoisotopic (exact) mass is 304 g/mol. The van der Waals surface area contributed by atoms with Crippen molar-refractivity contribution in [2.45, 2.75) is 39.7 Å². The highest BCUT2D eigenvalue weighted by atomic mass is 16.5. The van der Waals surface area contributed by atoms with Crippen LogP contribution in [-0.4, -0.2) is 31.1 Å². The molecule has 1 heterocycles. The summed E-state index contributed by atoms with van der Waals surface area (Å²) >= 11 is 0. The first kappa shape index (κ1) is 16.5.